The number of likely N-dealkylation sites (tertiary alicyclic amines) is 1. The molecule has 1 heterocycles. The maximum absolute atomic E-state index is 14.5. The minimum Gasteiger partial charge on any atom is -0.481 e. The number of nitrogens with two attached hydrogens (primary N) is 2. The maximum Gasteiger partial charge on any atom is 0.328 e. The van der Waals surface area contributed by atoms with E-state index in [2.05, 4.69) is 42.5 Å². The highest BCUT2D eigenvalue weighted by Crippen LogP contribution is 2.21. The number of carboxylic acids is 6. The second kappa shape index (κ2) is 40.1. The van der Waals surface area contributed by atoms with Gasteiger partial charge in [-0.25, -0.2) is 4.79 Å². The highest BCUT2D eigenvalue weighted by atomic mass is 16.4. The van der Waals surface area contributed by atoms with E-state index in [1.54, 1.807) is 6.07 Å². The van der Waals surface area contributed by atoms with Crippen molar-refractivity contribution in [3.63, 3.8) is 0 Å². The quantitative estimate of drug-likeness (QED) is 0.0289. The molecule has 39 heteroatoms. The van der Waals surface area contributed by atoms with Crippen molar-refractivity contribution in [1.82, 2.24) is 58.1 Å². The number of aliphatic carboxylic acids is 6. The van der Waals surface area contributed by atoms with E-state index in [4.69, 9.17) is 16.6 Å². The Morgan fingerprint density at radius 2 is 0.907 bits per heavy atom. The number of carbonyl (C=O) groups is 18. The van der Waals surface area contributed by atoms with Crippen LogP contribution in [0.4, 0.5) is 0 Å². The van der Waals surface area contributed by atoms with Crippen LogP contribution in [0.5, 0.6) is 0 Å². The Labute approximate surface area is 553 Å². The van der Waals surface area contributed by atoms with Gasteiger partial charge in [0.1, 0.15) is 66.5 Å². The van der Waals surface area contributed by atoms with Crippen LogP contribution in [0.15, 0.2) is 30.3 Å². The fourth-order valence-corrected chi connectivity index (χ4v) is 9.56. The van der Waals surface area contributed by atoms with Crippen LogP contribution in [0.1, 0.15) is 111 Å². The van der Waals surface area contributed by atoms with Crippen LogP contribution in [0, 0.1) is 11.8 Å². The second-order valence-corrected chi connectivity index (χ2v) is 23.4. The van der Waals surface area contributed by atoms with Crippen LogP contribution in [-0.2, 0) is 92.7 Å². The zero-order chi connectivity index (χ0) is 73.7. The van der Waals surface area contributed by atoms with E-state index in [0.717, 1.165) is 11.8 Å². The molecule has 2 rings (SSSR count). The number of hydrogen-bond donors (Lipinski definition) is 20. The molecule has 13 atom stereocenters. The first-order valence-electron chi connectivity index (χ1n) is 30.3. The summed E-state index contributed by atoms with van der Waals surface area (Å²) in [6, 6.07) is -14.5. The monoisotopic (exact) mass is 1380 g/mol. The molecule has 538 valence electrons. The van der Waals surface area contributed by atoms with Crippen LogP contribution >= 0.6 is 0 Å². The largest absolute Gasteiger partial charge is 0.481 e. The van der Waals surface area contributed by atoms with Gasteiger partial charge in [-0.2, -0.15) is 0 Å². The number of carboxylic acid groups (broad SMARTS) is 6. The minimum atomic E-state index is -2.20. The maximum atomic E-state index is 14.5. The molecule has 1 fully saturated rings. The number of aliphatic hydroxyl groups excluding tert-OH is 2. The summed E-state index contributed by atoms with van der Waals surface area (Å²) in [7, 11) is 0. The fraction of sp³-hybridized carbons (Fsp3) is 0.586. The molecule has 1 aromatic carbocycles. The molecular weight excluding hydrogens is 1290 g/mol. The zero-order valence-electron chi connectivity index (χ0n) is 53.5. The normalized spacial score (nSPS) is 16.4. The van der Waals surface area contributed by atoms with Gasteiger partial charge in [0.25, 0.3) is 0 Å². The Hall–Kier alpha value is -10.4. The second-order valence-electron chi connectivity index (χ2n) is 23.4. The summed E-state index contributed by atoms with van der Waals surface area (Å²) in [5, 5.41) is 98.9. The molecule has 1 aliphatic heterocycles. The summed E-state index contributed by atoms with van der Waals surface area (Å²) in [4.78, 5) is 236. The third-order valence-corrected chi connectivity index (χ3v) is 14.5. The number of amides is 12. The van der Waals surface area contributed by atoms with E-state index in [9.17, 15) is 122 Å². The van der Waals surface area contributed by atoms with E-state index in [1.165, 1.54) is 52.0 Å². The van der Waals surface area contributed by atoms with Crippen molar-refractivity contribution >= 4 is 107 Å². The van der Waals surface area contributed by atoms with Gasteiger partial charge in [0.05, 0.1) is 44.4 Å². The molecule has 0 aliphatic carbocycles. The number of aliphatic hydroxyl groups is 2. The Bertz CT molecular complexity index is 3060. The van der Waals surface area contributed by atoms with Crippen molar-refractivity contribution in [2.45, 2.75) is 190 Å². The van der Waals surface area contributed by atoms with Crippen molar-refractivity contribution < 1.29 is 127 Å². The molecule has 39 nitrogen and oxygen atoms in total. The molecule has 1 aliphatic rings. The van der Waals surface area contributed by atoms with Gasteiger partial charge in [0.2, 0.25) is 70.9 Å². The van der Waals surface area contributed by atoms with Gasteiger partial charge in [0.15, 0.2) is 0 Å². The van der Waals surface area contributed by atoms with Crippen molar-refractivity contribution in [1.29, 1.82) is 0 Å². The highest BCUT2D eigenvalue weighted by molar-refractivity contribution is 6.01. The Morgan fingerprint density at radius 1 is 0.485 bits per heavy atom. The lowest BCUT2D eigenvalue weighted by atomic mass is 10.0. The zero-order valence-corrected chi connectivity index (χ0v) is 53.5. The summed E-state index contributed by atoms with van der Waals surface area (Å²) >= 11 is 0. The lowest BCUT2D eigenvalue weighted by Gasteiger charge is -2.31. The van der Waals surface area contributed by atoms with Gasteiger partial charge in [0, 0.05) is 25.8 Å². The fourth-order valence-electron chi connectivity index (χ4n) is 9.56. The number of nitrogens with zero attached hydrogens (tertiary/aromatic N) is 1. The smallest absolute Gasteiger partial charge is 0.328 e. The van der Waals surface area contributed by atoms with E-state index in [1.807, 2.05) is 10.6 Å². The average Bonchev–Trinajstić information content (AvgIpc) is 1.76. The molecule has 0 saturated carbocycles. The van der Waals surface area contributed by atoms with Gasteiger partial charge < -0.3 is 110 Å². The molecular formula is C58H85N13O26. The van der Waals surface area contributed by atoms with Crippen molar-refractivity contribution in [3.8, 4) is 0 Å². The molecule has 0 unspecified atom stereocenters. The summed E-state index contributed by atoms with van der Waals surface area (Å²) in [5.74, 6) is -26.0. The third kappa shape index (κ3) is 29.0. The van der Waals surface area contributed by atoms with Crippen LogP contribution in [-0.4, -0.2) is 244 Å². The number of nitrogens with one attached hydrogen (secondary N) is 10. The Kier molecular flexibility index (Phi) is 34.1. The average molecular weight is 1380 g/mol. The van der Waals surface area contributed by atoms with E-state index < -0.39 is 262 Å². The third-order valence-electron chi connectivity index (χ3n) is 14.5. The number of benzene rings is 1. The first-order valence-corrected chi connectivity index (χ1v) is 30.3. The number of hydrogen-bond acceptors (Lipinski definition) is 21. The lowest BCUT2D eigenvalue weighted by Crippen LogP contribution is -2.62. The predicted molar refractivity (Wildman–Crippen MR) is 327 cm³/mol. The van der Waals surface area contributed by atoms with Crippen LogP contribution in [0.25, 0.3) is 0 Å². The highest BCUT2D eigenvalue weighted by Gasteiger charge is 2.43. The standard InChI is InChI=1S/C58H85N13O26/c1-25(2)18-31(63-52(90)35(23-44(83)84)66-51(89)33(21-42(79)80)62-47(85)29(59)13-15-40(75)76)49(87)61-30(14-16-41(77)78)48(86)65-34(22-43(81)82)53(91)64-32(19-28-10-7-6-8-11-28)50(88)67-36(20-39(60)74)57(95)71-17-9-12-38(71)54(92)70-46(27(5)73)56(94)69-45(26(3)4)55(93)68-37(24-72)58(96)97/h6-8,10-11,25-27,29-38,45-46,72-73H,9,12-24,59H2,1-5H3,(H2,60,74)(H,61,87)(H,62,85)(H,63,90)(H,64,91)(H,65,86)(H,66,89)(H,67,88)(H,68,93)(H,69,94)(H,70,92)(H,75,76)(H,77,78)(H,79,80)(H,81,82)(H,83,84)(H,96,97)/t27-,29+,30+,31+,32+,33+,34+,35+,36+,37+,38+,45+,46+/m1/s1. The molecule has 12 amide bonds. The van der Waals surface area contributed by atoms with Crippen molar-refractivity contribution in [3.05, 3.63) is 35.9 Å². The molecule has 1 aromatic rings. The first kappa shape index (κ1) is 82.7. The molecule has 0 aromatic heterocycles. The topological polar surface area (TPSA) is 645 Å². The van der Waals surface area contributed by atoms with Crippen molar-refractivity contribution in [2.24, 2.45) is 23.3 Å². The van der Waals surface area contributed by atoms with Gasteiger partial charge in [-0.15, -0.1) is 0 Å². The first-order chi connectivity index (χ1) is 45.3. The Balaban J connectivity index is 2.52. The van der Waals surface area contributed by atoms with Crippen molar-refractivity contribution in [2.75, 3.05) is 13.2 Å². The molecule has 1 saturated heterocycles. The van der Waals surface area contributed by atoms with Gasteiger partial charge in [-0.05, 0) is 56.4 Å². The van der Waals surface area contributed by atoms with E-state index in [0.29, 0.717) is 5.56 Å². The van der Waals surface area contributed by atoms with Gasteiger partial charge in [-0.1, -0.05) is 58.0 Å². The van der Waals surface area contributed by atoms with E-state index in [-0.39, 0.29) is 25.8 Å². The molecule has 22 N–H and O–H groups in total. The van der Waals surface area contributed by atoms with Crippen LogP contribution in [0.2, 0.25) is 0 Å². The summed E-state index contributed by atoms with van der Waals surface area (Å²) < 4.78 is 0. The number of carbonyl (C=O) groups excluding carboxylic acids is 12. The van der Waals surface area contributed by atoms with Crippen LogP contribution < -0.4 is 64.6 Å². The summed E-state index contributed by atoms with van der Waals surface area (Å²) in [6.07, 6.45) is -9.92. The summed E-state index contributed by atoms with van der Waals surface area (Å²) in [5.41, 5.74) is 11.5. The van der Waals surface area contributed by atoms with Gasteiger partial charge in [-0.3, -0.25) is 81.5 Å². The van der Waals surface area contributed by atoms with Crippen LogP contribution in [0.3, 0.4) is 0 Å². The predicted octanol–water partition coefficient (Wildman–Crippen LogP) is -7.42. The molecule has 97 heavy (non-hydrogen) atoms. The number of primary amides is 1. The van der Waals surface area contributed by atoms with E-state index >= 15 is 0 Å². The summed E-state index contributed by atoms with van der Waals surface area (Å²) in [6.45, 7) is 5.87. The molecule has 0 bridgehead atoms. The Morgan fingerprint density at radius 3 is 1.36 bits per heavy atom. The molecule has 0 spiro atoms. The molecule has 0 radical (unpaired) electrons. The van der Waals surface area contributed by atoms with Gasteiger partial charge >= 0.3 is 35.8 Å². The lowest BCUT2D eigenvalue weighted by molar-refractivity contribution is -0.144. The SMILES string of the molecule is CC(C)C[C@H](NC(=O)[C@H](CC(=O)O)NC(=O)[C@H](CC(=O)O)NC(=O)[C@@H](N)CCC(=O)O)C(=O)N[C@@H](CCC(=O)O)C(=O)N[C@@H](CC(=O)O)C(=O)N[C@@H](Cc1ccccc1)C(=O)N[C@@H](CC(N)=O)C(=O)N1CCC[C@H]1C(=O)N[C@H](C(=O)N[C@H](C(=O)N[C@@H](CO)C(=O)O)C(C)C)[C@@H](C)O. The minimum absolute atomic E-state index is 0.102. The number of rotatable bonds is 43.